The smallest absolute Gasteiger partial charge is 0.338 e. The predicted molar refractivity (Wildman–Crippen MR) is 104 cm³/mol. The summed E-state index contributed by atoms with van der Waals surface area (Å²) in [5, 5.41) is 14.5. The molecule has 1 atom stereocenters. The lowest BCUT2D eigenvalue weighted by molar-refractivity contribution is -0.384. The van der Waals surface area contributed by atoms with Crippen molar-refractivity contribution in [1.82, 2.24) is 0 Å². The van der Waals surface area contributed by atoms with Gasteiger partial charge in [-0.05, 0) is 31.5 Å². The normalized spacial score (nSPS) is 16.3. The Labute approximate surface area is 157 Å². The topological polar surface area (TPSA) is 84.7 Å². The van der Waals surface area contributed by atoms with E-state index in [9.17, 15) is 14.9 Å². The molecule has 0 bridgehead atoms. The van der Waals surface area contributed by atoms with E-state index in [2.05, 4.69) is 5.32 Å². The quantitative estimate of drug-likeness (QED) is 0.499. The molecule has 3 rings (SSSR count). The fraction of sp³-hybridized carbons (Fsp3) is 0.250. The van der Waals surface area contributed by atoms with Gasteiger partial charge in [-0.25, -0.2) is 4.79 Å². The molecule has 27 heavy (non-hydrogen) atoms. The lowest BCUT2D eigenvalue weighted by Gasteiger charge is -2.30. The standard InChI is InChI=1S/C20H21N3O4/c1-4-27-20(24)18-13(2)21-16-10-5-6-11-17(16)22(3)19(18)14-8-7-9-15(12-14)23(25)26/h5-12,19,21H,4H2,1-3H3. The molecule has 0 radical (unpaired) electrons. The number of benzene rings is 2. The van der Waals surface area contributed by atoms with Crippen LogP contribution in [0.4, 0.5) is 17.1 Å². The number of rotatable bonds is 4. The van der Waals surface area contributed by atoms with E-state index in [1.165, 1.54) is 12.1 Å². The number of allylic oxidation sites excluding steroid dienone is 1. The first-order chi connectivity index (χ1) is 12.9. The number of anilines is 2. The number of fused-ring (bicyclic) bond motifs is 1. The molecule has 0 fully saturated rings. The molecule has 7 heteroatoms. The number of nitrogens with zero attached hydrogens (tertiary/aromatic N) is 2. The summed E-state index contributed by atoms with van der Waals surface area (Å²) in [5.74, 6) is -0.446. The van der Waals surface area contributed by atoms with E-state index < -0.39 is 16.9 Å². The number of non-ortho nitro benzene ring substituents is 1. The van der Waals surface area contributed by atoms with Crippen LogP contribution in [0.2, 0.25) is 0 Å². The predicted octanol–water partition coefficient (Wildman–Crippen LogP) is 4.03. The summed E-state index contributed by atoms with van der Waals surface area (Å²) >= 11 is 0. The molecule has 1 aliphatic rings. The molecule has 2 aromatic rings. The van der Waals surface area contributed by atoms with Gasteiger partial charge in [0.2, 0.25) is 0 Å². The average Bonchev–Trinajstić information content (AvgIpc) is 2.76. The maximum absolute atomic E-state index is 12.8. The van der Waals surface area contributed by atoms with Crippen molar-refractivity contribution in [3.63, 3.8) is 0 Å². The number of hydrogen-bond acceptors (Lipinski definition) is 6. The Hall–Kier alpha value is -3.35. The largest absolute Gasteiger partial charge is 0.463 e. The van der Waals surface area contributed by atoms with Crippen LogP contribution in [0.3, 0.4) is 0 Å². The van der Waals surface area contributed by atoms with Crippen molar-refractivity contribution in [3.8, 4) is 0 Å². The Morgan fingerprint density at radius 2 is 2.00 bits per heavy atom. The number of nitro groups is 1. The molecule has 0 amide bonds. The number of ether oxygens (including phenoxy) is 1. The van der Waals surface area contributed by atoms with Crippen LogP contribution in [0.5, 0.6) is 0 Å². The van der Waals surface area contributed by atoms with Crippen LogP contribution in [0.15, 0.2) is 59.8 Å². The molecule has 0 aromatic heterocycles. The molecule has 0 aliphatic carbocycles. The highest BCUT2D eigenvalue weighted by atomic mass is 16.6. The van der Waals surface area contributed by atoms with E-state index >= 15 is 0 Å². The third-order valence-electron chi connectivity index (χ3n) is 4.56. The summed E-state index contributed by atoms with van der Waals surface area (Å²) in [6.45, 7) is 3.80. The summed E-state index contributed by atoms with van der Waals surface area (Å²) in [5.41, 5.74) is 3.44. The van der Waals surface area contributed by atoms with Crippen molar-refractivity contribution in [2.24, 2.45) is 0 Å². The Morgan fingerprint density at radius 1 is 1.26 bits per heavy atom. The van der Waals surface area contributed by atoms with Crippen LogP contribution in [0.25, 0.3) is 0 Å². The SMILES string of the molecule is CCOC(=O)C1=C(C)Nc2ccccc2N(C)C1c1cccc([N+](=O)[O-])c1. The zero-order chi connectivity index (χ0) is 19.6. The van der Waals surface area contributed by atoms with E-state index in [-0.39, 0.29) is 12.3 Å². The zero-order valence-electron chi connectivity index (χ0n) is 15.4. The van der Waals surface area contributed by atoms with Gasteiger partial charge in [-0.1, -0.05) is 24.3 Å². The average molecular weight is 367 g/mol. The first-order valence-corrected chi connectivity index (χ1v) is 8.65. The van der Waals surface area contributed by atoms with Gasteiger partial charge in [-0.2, -0.15) is 0 Å². The molecule has 1 heterocycles. The fourth-order valence-electron chi connectivity index (χ4n) is 3.37. The molecule has 0 saturated carbocycles. The Balaban J connectivity index is 2.21. The van der Waals surface area contributed by atoms with Gasteiger partial charge in [0.25, 0.3) is 5.69 Å². The van der Waals surface area contributed by atoms with Crippen LogP contribution < -0.4 is 10.2 Å². The van der Waals surface area contributed by atoms with Crippen molar-refractivity contribution in [3.05, 3.63) is 75.5 Å². The molecule has 1 aliphatic heterocycles. The van der Waals surface area contributed by atoms with Gasteiger partial charge in [0.15, 0.2) is 0 Å². The molecule has 7 nitrogen and oxygen atoms in total. The molecule has 1 unspecified atom stereocenters. The molecular weight excluding hydrogens is 346 g/mol. The number of nitro benzene ring substituents is 1. The lowest BCUT2D eigenvalue weighted by Crippen LogP contribution is -2.29. The maximum atomic E-state index is 12.8. The van der Waals surface area contributed by atoms with Crippen molar-refractivity contribution in [2.45, 2.75) is 19.9 Å². The highest BCUT2D eigenvalue weighted by molar-refractivity contribution is 5.94. The van der Waals surface area contributed by atoms with Gasteiger partial charge in [0, 0.05) is 24.9 Å². The molecule has 0 spiro atoms. The van der Waals surface area contributed by atoms with E-state index in [4.69, 9.17) is 4.74 Å². The molecular formula is C20H21N3O4. The first kappa shape index (κ1) is 18.4. The molecule has 2 aromatic carbocycles. The van der Waals surface area contributed by atoms with Crippen LogP contribution in [0, 0.1) is 10.1 Å². The summed E-state index contributed by atoms with van der Waals surface area (Å²) in [6, 6.07) is 13.5. The summed E-state index contributed by atoms with van der Waals surface area (Å²) in [6.07, 6.45) is 0. The maximum Gasteiger partial charge on any atom is 0.338 e. The fourth-order valence-corrected chi connectivity index (χ4v) is 3.37. The number of para-hydroxylation sites is 2. The van der Waals surface area contributed by atoms with Crippen molar-refractivity contribution < 1.29 is 14.5 Å². The van der Waals surface area contributed by atoms with Crippen LogP contribution in [-0.4, -0.2) is 24.5 Å². The third kappa shape index (κ3) is 3.48. The molecule has 140 valence electrons. The first-order valence-electron chi connectivity index (χ1n) is 8.65. The Morgan fingerprint density at radius 3 is 2.70 bits per heavy atom. The summed E-state index contributed by atoms with van der Waals surface area (Å²) in [7, 11) is 1.86. The highest BCUT2D eigenvalue weighted by Crippen LogP contribution is 2.41. The van der Waals surface area contributed by atoms with E-state index in [1.54, 1.807) is 19.1 Å². The second-order valence-corrected chi connectivity index (χ2v) is 6.27. The zero-order valence-corrected chi connectivity index (χ0v) is 15.4. The van der Waals surface area contributed by atoms with Crippen LogP contribution >= 0.6 is 0 Å². The third-order valence-corrected chi connectivity index (χ3v) is 4.56. The molecule has 1 N–H and O–H groups in total. The minimum Gasteiger partial charge on any atom is -0.463 e. The van der Waals surface area contributed by atoms with Crippen LogP contribution in [0.1, 0.15) is 25.5 Å². The van der Waals surface area contributed by atoms with Crippen molar-refractivity contribution >= 4 is 23.0 Å². The molecule has 0 saturated heterocycles. The van der Waals surface area contributed by atoms with E-state index in [0.717, 1.165) is 11.4 Å². The number of likely N-dealkylation sites (N-methyl/N-ethyl adjacent to an activating group) is 1. The number of carbonyl (C=O) groups is 1. The van der Waals surface area contributed by atoms with Gasteiger partial charge < -0.3 is 15.0 Å². The second-order valence-electron chi connectivity index (χ2n) is 6.27. The van der Waals surface area contributed by atoms with E-state index in [1.807, 2.05) is 43.1 Å². The lowest BCUT2D eigenvalue weighted by atomic mass is 9.95. The minimum atomic E-state index is -0.528. The van der Waals surface area contributed by atoms with Crippen molar-refractivity contribution in [2.75, 3.05) is 23.9 Å². The van der Waals surface area contributed by atoms with Gasteiger partial charge in [-0.15, -0.1) is 0 Å². The number of hydrogen-bond donors (Lipinski definition) is 1. The Bertz CT molecular complexity index is 923. The van der Waals surface area contributed by atoms with Gasteiger partial charge >= 0.3 is 5.97 Å². The van der Waals surface area contributed by atoms with Gasteiger partial charge in [0.1, 0.15) is 0 Å². The van der Waals surface area contributed by atoms with Crippen molar-refractivity contribution in [1.29, 1.82) is 0 Å². The van der Waals surface area contributed by atoms with Gasteiger partial charge in [0.05, 0.1) is 34.5 Å². The number of carbonyl (C=O) groups excluding carboxylic acids is 1. The Kier molecular flexibility index (Phi) is 5.12. The van der Waals surface area contributed by atoms with Crippen LogP contribution in [-0.2, 0) is 9.53 Å². The summed E-state index contributed by atoms with van der Waals surface area (Å²) < 4.78 is 5.29. The van der Waals surface area contributed by atoms with Gasteiger partial charge in [-0.3, -0.25) is 10.1 Å². The van der Waals surface area contributed by atoms with E-state index in [0.29, 0.717) is 16.8 Å². The monoisotopic (exact) mass is 367 g/mol. The highest BCUT2D eigenvalue weighted by Gasteiger charge is 2.34. The summed E-state index contributed by atoms with van der Waals surface area (Å²) in [4.78, 5) is 25.5. The number of nitrogens with one attached hydrogen (secondary N) is 1. The second kappa shape index (κ2) is 7.49. The minimum absolute atomic E-state index is 0.0211. The number of esters is 1.